The highest BCUT2D eigenvalue weighted by Crippen LogP contribution is 2.42. The Balaban J connectivity index is 2.53. The van der Waals surface area contributed by atoms with Crippen molar-refractivity contribution in [2.45, 2.75) is 19.0 Å². The van der Waals surface area contributed by atoms with Gasteiger partial charge in [-0.3, -0.25) is 10.1 Å². The molecule has 7 nitrogen and oxygen atoms in total. The number of nitrogens with one attached hydrogen (secondary N) is 1. The van der Waals surface area contributed by atoms with Crippen molar-refractivity contribution in [2.24, 2.45) is 5.18 Å². The van der Waals surface area contributed by atoms with Crippen LogP contribution in [-0.2, 0) is 0 Å². The summed E-state index contributed by atoms with van der Waals surface area (Å²) in [4.78, 5) is 20.7. The molecule has 1 aromatic carbocycles. The molecular weight excluding hydrogens is 212 g/mol. The number of nitrogens with zero attached hydrogens (tertiary/aromatic N) is 2. The van der Waals surface area contributed by atoms with E-state index in [1.807, 2.05) is 6.92 Å². The lowest BCUT2D eigenvalue weighted by molar-refractivity contribution is -0.383. The Morgan fingerprint density at radius 3 is 2.62 bits per heavy atom. The quantitative estimate of drug-likeness (QED) is 0.264. The molecule has 0 bridgehead atoms. The number of nitro groups is 1. The molecule has 2 unspecified atom stereocenters. The van der Waals surface area contributed by atoms with Crippen molar-refractivity contribution in [2.75, 3.05) is 5.73 Å². The lowest BCUT2D eigenvalue weighted by Crippen LogP contribution is -1.98. The largest absolute Gasteiger partial charge is 0.391 e. The van der Waals surface area contributed by atoms with Crippen LogP contribution in [0.25, 0.3) is 0 Å². The van der Waals surface area contributed by atoms with Crippen LogP contribution in [-0.4, -0.2) is 11.0 Å². The lowest BCUT2D eigenvalue weighted by Gasteiger charge is -2.04. The first kappa shape index (κ1) is 10.5. The van der Waals surface area contributed by atoms with Crippen LogP contribution in [0, 0.1) is 15.0 Å². The second-order valence-corrected chi connectivity index (χ2v) is 3.72. The van der Waals surface area contributed by atoms with Gasteiger partial charge in [-0.1, -0.05) is 0 Å². The van der Waals surface area contributed by atoms with Gasteiger partial charge in [0.05, 0.1) is 4.92 Å². The molecule has 16 heavy (non-hydrogen) atoms. The summed E-state index contributed by atoms with van der Waals surface area (Å²) in [5.74, 6) is 0. The molecule has 0 radical (unpaired) electrons. The molecule has 0 saturated carbocycles. The van der Waals surface area contributed by atoms with Gasteiger partial charge in [0.2, 0.25) is 0 Å². The highest BCUT2D eigenvalue weighted by atomic mass is 16.6. The molecule has 2 rings (SSSR count). The van der Waals surface area contributed by atoms with E-state index in [9.17, 15) is 15.0 Å². The summed E-state index contributed by atoms with van der Waals surface area (Å²) in [6.45, 7) is 1.94. The number of nitroso groups, excluding NO2 is 1. The van der Waals surface area contributed by atoms with E-state index in [0.29, 0.717) is 5.56 Å². The van der Waals surface area contributed by atoms with E-state index >= 15 is 0 Å². The van der Waals surface area contributed by atoms with Crippen LogP contribution >= 0.6 is 0 Å². The molecule has 7 heteroatoms. The van der Waals surface area contributed by atoms with Crippen molar-refractivity contribution in [3.8, 4) is 0 Å². The Morgan fingerprint density at radius 2 is 2.19 bits per heavy atom. The minimum atomic E-state index is -0.627. The highest BCUT2D eigenvalue weighted by Gasteiger charge is 2.36. The predicted octanol–water partition coefficient (Wildman–Crippen LogP) is 1.61. The normalized spacial score (nSPS) is 22.8. The summed E-state index contributed by atoms with van der Waals surface area (Å²) in [5.41, 5.74) is 5.67. The van der Waals surface area contributed by atoms with Gasteiger partial charge >= 0.3 is 0 Å². The summed E-state index contributed by atoms with van der Waals surface area (Å²) in [7, 11) is 0. The van der Waals surface area contributed by atoms with Crippen LogP contribution in [0.15, 0.2) is 17.3 Å². The van der Waals surface area contributed by atoms with Gasteiger partial charge in [0.1, 0.15) is 11.4 Å². The maximum atomic E-state index is 10.7. The number of nitrogens with two attached hydrogens (primary N) is 1. The first-order valence-corrected chi connectivity index (χ1v) is 4.72. The number of anilines is 1. The smallest absolute Gasteiger partial charge is 0.294 e. The molecule has 2 atom stereocenters. The van der Waals surface area contributed by atoms with E-state index in [1.54, 1.807) is 0 Å². The molecule has 0 aliphatic carbocycles. The van der Waals surface area contributed by atoms with Crippen molar-refractivity contribution in [1.29, 1.82) is 0 Å². The topological polar surface area (TPSA) is 121 Å². The third-order valence-electron chi connectivity index (χ3n) is 2.68. The maximum absolute atomic E-state index is 10.7. The van der Waals surface area contributed by atoms with Gasteiger partial charge in [-0.2, -0.15) is 0 Å². The molecule has 0 aromatic heterocycles. The van der Waals surface area contributed by atoms with Gasteiger partial charge in [-0.05, 0) is 18.2 Å². The zero-order valence-corrected chi connectivity index (χ0v) is 8.51. The monoisotopic (exact) mass is 222 g/mol. The summed E-state index contributed by atoms with van der Waals surface area (Å²) >= 11 is 0. The van der Waals surface area contributed by atoms with E-state index in [2.05, 4.69) is 10.5 Å². The SMILES string of the molecule is CC1NC1c1ccc([N+](=O)[O-])c(N)c1N=O. The Bertz CT molecular complexity index is 474. The molecule has 84 valence electrons. The zero-order chi connectivity index (χ0) is 11.9. The predicted molar refractivity (Wildman–Crippen MR) is 58.3 cm³/mol. The van der Waals surface area contributed by atoms with Crippen LogP contribution in [0.4, 0.5) is 17.1 Å². The molecule has 0 spiro atoms. The van der Waals surface area contributed by atoms with Crippen molar-refractivity contribution in [3.63, 3.8) is 0 Å². The van der Waals surface area contributed by atoms with Crippen LogP contribution in [0.1, 0.15) is 18.5 Å². The lowest BCUT2D eigenvalue weighted by atomic mass is 10.1. The van der Waals surface area contributed by atoms with Gasteiger partial charge in [-0.25, -0.2) is 0 Å². The number of hydrogen-bond acceptors (Lipinski definition) is 6. The summed E-state index contributed by atoms with van der Waals surface area (Å²) in [5, 5.41) is 16.5. The minimum absolute atomic E-state index is 0.0100. The Kier molecular flexibility index (Phi) is 2.31. The average Bonchev–Trinajstić information content (AvgIpc) is 2.94. The van der Waals surface area contributed by atoms with E-state index in [-0.39, 0.29) is 29.1 Å². The van der Waals surface area contributed by atoms with E-state index in [0.717, 1.165) is 0 Å². The Hall–Kier alpha value is -2.02. The number of nitrogen functional groups attached to an aromatic ring is 1. The first-order valence-electron chi connectivity index (χ1n) is 4.72. The van der Waals surface area contributed by atoms with Crippen molar-refractivity contribution in [1.82, 2.24) is 5.32 Å². The molecular formula is C9H10N4O3. The molecule has 0 amide bonds. The second-order valence-electron chi connectivity index (χ2n) is 3.72. The molecule has 3 N–H and O–H groups in total. The molecule has 1 saturated heterocycles. The molecule has 1 fully saturated rings. The van der Waals surface area contributed by atoms with Gasteiger partial charge in [0, 0.05) is 23.7 Å². The summed E-state index contributed by atoms with van der Waals surface area (Å²) < 4.78 is 0. The number of benzene rings is 1. The number of nitro benzene ring substituents is 1. The fourth-order valence-electron chi connectivity index (χ4n) is 1.71. The van der Waals surface area contributed by atoms with Gasteiger partial charge in [0.15, 0.2) is 0 Å². The maximum Gasteiger partial charge on any atom is 0.294 e. The zero-order valence-electron chi connectivity index (χ0n) is 8.51. The van der Waals surface area contributed by atoms with Crippen molar-refractivity contribution >= 4 is 17.1 Å². The fourth-order valence-corrected chi connectivity index (χ4v) is 1.71. The average molecular weight is 222 g/mol. The fraction of sp³-hybridized carbons (Fsp3) is 0.333. The number of rotatable bonds is 3. The first-order chi connectivity index (χ1) is 7.56. The van der Waals surface area contributed by atoms with Crippen LogP contribution in [0.2, 0.25) is 0 Å². The Morgan fingerprint density at radius 1 is 1.56 bits per heavy atom. The molecule has 1 aliphatic rings. The highest BCUT2D eigenvalue weighted by molar-refractivity contribution is 5.77. The van der Waals surface area contributed by atoms with Gasteiger partial charge in [0.25, 0.3) is 5.69 Å². The van der Waals surface area contributed by atoms with E-state index < -0.39 is 4.92 Å². The third-order valence-corrected chi connectivity index (χ3v) is 2.68. The van der Waals surface area contributed by atoms with E-state index in [4.69, 9.17) is 5.73 Å². The Labute approximate surface area is 90.8 Å². The van der Waals surface area contributed by atoms with E-state index in [1.165, 1.54) is 12.1 Å². The van der Waals surface area contributed by atoms with Crippen molar-refractivity contribution < 1.29 is 4.92 Å². The van der Waals surface area contributed by atoms with Crippen LogP contribution in [0.5, 0.6) is 0 Å². The van der Waals surface area contributed by atoms with Gasteiger partial charge < -0.3 is 11.1 Å². The second kappa shape index (κ2) is 3.53. The summed E-state index contributed by atoms with van der Waals surface area (Å²) in [6, 6.07) is 3.07. The molecule has 1 heterocycles. The molecule has 1 aromatic rings. The van der Waals surface area contributed by atoms with Crippen LogP contribution < -0.4 is 11.1 Å². The third kappa shape index (κ3) is 1.50. The standard InChI is InChI=1S/C9H10N4O3/c1-4-8(11-4)5-2-3-6(13(15)16)7(10)9(5)12-14/h2-4,8,11H,10H2,1H3. The minimum Gasteiger partial charge on any atom is -0.391 e. The van der Waals surface area contributed by atoms with Crippen LogP contribution in [0.3, 0.4) is 0 Å². The van der Waals surface area contributed by atoms with Crippen molar-refractivity contribution in [3.05, 3.63) is 32.7 Å². The number of hydrogen-bond donors (Lipinski definition) is 2. The summed E-state index contributed by atoms with van der Waals surface area (Å²) in [6.07, 6.45) is 0. The van der Waals surface area contributed by atoms with Gasteiger partial charge in [-0.15, -0.1) is 4.91 Å². The molecule has 1 aliphatic heterocycles.